The van der Waals surface area contributed by atoms with E-state index in [-0.39, 0.29) is 29.8 Å². The Bertz CT molecular complexity index is 899. The molecule has 0 spiro atoms. The van der Waals surface area contributed by atoms with Gasteiger partial charge in [-0.25, -0.2) is 13.2 Å². The van der Waals surface area contributed by atoms with Gasteiger partial charge in [0, 0.05) is 45.2 Å². The van der Waals surface area contributed by atoms with Gasteiger partial charge in [-0.15, -0.1) is 0 Å². The molecule has 0 aromatic heterocycles. The van der Waals surface area contributed by atoms with Crippen molar-refractivity contribution >= 4 is 21.9 Å². The molecule has 2 fully saturated rings. The standard InChI is InChI=1S/C18H27N3O4S.C2HF3O2/c1-2-25-16-5-7-17(8-6-16)26(23,24)21(15-3-4-15)12-9-18(22)20-13-10-19-11-14-20;3-2(4,5)1(6)7/h5-8,15,19H,2-4,9-14H2,1H3;(H,6,7). The van der Waals surface area contributed by atoms with Crippen molar-refractivity contribution in [1.82, 2.24) is 14.5 Å². The second-order valence-corrected chi connectivity index (χ2v) is 9.33. The Morgan fingerprint density at radius 1 is 1.18 bits per heavy atom. The number of carbonyl (C=O) groups excluding carboxylic acids is 1. The highest BCUT2D eigenvalue weighted by molar-refractivity contribution is 7.89. The molecule has 9 nitrogen and oxygen atoms in total. The zero-order valence-electron chi connectivity index (χ0n) is 18.2. The third-order valence-corrected chi connectivity index (χ3v) is 6.92. The lowest BCUT2D eigenvalue weighted by Crippen LogP contribution is -2.47. The molecule has 33 heavy (non-hydrogen) atoms. The van der Waals surface area contributed by atoms with Gasteiger partial charge < -0.3 is 20.1 Å². The second-order valence-electron chi connectivity index (χ2n) is 7.44. The van der Waals surface area contributed by atoms with Crippen LogP contribution in [0.3, 0.4) is 0 Å². The molecule has 186 valence electrons. The van der Waals surface area contributed by atoms with Gasteiger partial charge in [0.2, 0.25) is 15.9 Å². The average molecular weight is 496 g/mol. The lowest BCUT2D eigenvalue weighted by molar-refractivity contribution is -0.192. The summed E-state index contributed by atoms with van der Waals surface area (Å²) >= 11 is 0. The lowest BCUT2D eigenvalue weighted by atomic mass is 10.3. The largest absolute Gasteiger partial charge is 0.494 e. The number of carboxylic acid groups (broad SMARTS) is 1. The molecule has 2 aliphatic rings. The second kappa shape index (κ2) is 11.7. The summed E-state index contributed by atoms with van der Waals surface area (Å²) in [6, 6.07) is 6.52. The van der Waals surface area contributed by atoms with Gasteiger partial charge >= 0.3 is 12.1 Å². The van der Waals surface area contributed by atoms with Crippen LogP contribution in [0.4, 0.5) is 13.2 Å². The van der Waals surface area contributed by atoms with Gasteiger partial charge in [0.25, 0.3) is 0 Å². The quantitative estimate of drug-likeness (QED) is 0.564. The number of sulfonamides is 1. The summed E-state index contributed by atoms with van der Waals surface area (Å²) in [4.78, 5) is 23.3. The van der Waals surface area contributed by atoms with E-state index in [2.05, 4.69) is 5.32 Å². The van der Waals surface area contributed by atoms with Gasteiger partial charge in [-0.2, -0.15) is 17.5 Å². The maximum atomic E-state index is 13.0. The van der Waals surface area contributed by atoms with Crippen LogP contribution in [0.15, 0.2) is 29.2 Å². The minimum absolute atomic E-state index is 0.0161. The first-order valence-electron chi connectivity index (χ1n) is 10.5. The van der Waals surface area contributed by atoms with Crippen LogP contribution in [0.1, 0.15) is 26.2 Å². The van der Waals surface area contributed by atoms with Gasteiger partial charge in [-0.05, 0) is 44.0 Å². The molecule has 0 atom stereocenters. The van der Waals surface area contributed by atoms with Gasteiger partial charge in [-0.1, -0.05) is 0 Å². The Morgan fingerprint density at radius 3 is 2.18 bits per heavy atom. The van der Waals surface area contributed by atoms with E-state index in [1.807, 2.05) is 11.8 Å². The van der Waals surface area contributed by atoms with Crippen molar-refractivity contribution in [1.29, 1.82) is 0 Å². The number of ether oxygens (including phenoxy) is 1. The number of hydrogen-bond acceptors (Lipinski definition) is 6. The highest BCUT2D eigenvalue weighted by Crippen LogP contribution is 2.32. The SMILES string of the molecule is CCOc1ccc(S(=O)(=O)N(CCC(=O)N2CCNCC2)C2CC2)cc1.O=C(O)C(F)(F)F. The zero-order chi connectivity index (χ0) is 24.6. The monoisotopic (exact) mass is 495 g/mol. The number of carboxylic acids is 1. The van der Waals surface area contributed by atoms with Crippen molar-refractivity contribution in [2.24, 2.45) is 0 Å². The van der Waals surface area contributed by atoms with Crippen molar-refractivity contribution in [3.63, 3.8) is 0 Å². The summed E-state index contributed by atoms with van der Waals surface area (Å²) in [6.07, 6.45) is -3.14. The first kappa shape index (κ1) is 26.9. The van der Waals surface area contributed by atoms with Crippen LogP contribution in [0, 0.1) is 0 Å². The highest BCUT2D eigenvalue weighted by atomic mass is 32.2. The van der Waals surface area contributed by atoms with E-state index in [1.165, 1.54) is 4.31 Å². The minimum Gasteiger partial charge on any atom is -0.494 e. The smallest absolute Gasteiger partial charge is 0.490 e. The zero-order valence-corrected chi connectivity index (χ0v) is 19.0. The maximum Gasteiger partial charge on any atom is 0.490 e. The summed E-state index contributed by atoms with van der Waals surface area (Å²) in [7, 11) is -3.60. The first-order valence-corrected chi connectivity index (χ1v) is 11.9. The fraction of sp³-hybridized carbons (Fsp3) is 0.600. The highest BCUT2D eigenvalue weighted by Gasteiger charge is 2.39. The lowest BCUT2D eigenvalue weighted by Gasteiger charge is -2.29. The van der Waals surface area contributed by atoms with Crippen molar-refractivity contribution in [3.8, 4) is 5.75 Å². The Morgan fingerprint density at radius 2 is 1.73 bits per heavy atom. The van der Waals surface area contributed by atoms with Crippen LogP contribution in [-0.2, 0) is 19.6 Å². The molecule has 1 aliphatic heterocycles. The number of piperazine rings is 1. The van der Waals surface area contributed by atoms with Crippen LogP contribution in [0.25, 0.3) is 0 Å². The number of benzene rings is 1. The number of amides is 1. The molecule has 0 unspecified atom stereocenters. The molecule has 1 saturated carbocycles. The van der Waals surface area contributed by atoms with Gasteiger partial charge in [-0.3, -0.25) is 4.79 Å². The number of halogens is 3. The van der Waals surface area contributed by atoms with E-state index >= 15 is 0 Å². The molecule has 1 aliphatic carbocycles. The molecule has 13 heteroatoms. The molecule has 3 rings (SSSR count). The van der Waals surface area contributed by atoms with Crippen molar-refractivity contribution in [2.45, 2.75) is 43.3 Å². The number of aliphatic carboxylic acids is 1. The fourth-order valence-corrected chi connectivity index (χ4v) is 4.84. The maximum absolute atomic E-state index is 13.0. The number of nitrogens with zero attached hydrogens (tertiary/aromatic N) is 2. The summed E-state index contributed by atoms with van der Waals surface area (Å²) in [5, 5.41) is 10.3. The molecule has 0 radical (unpaired) electrons. The van der Waals surface area contributed by atoms with Gasteiger partial charge in [0.15, 0.2) is 0 Å². The van der Waals surface area contributed by atoms with Crippen LogP contribution < -0.4 is 10.1 Å². The number of carbonyl (C=O) groups is 2. The Hall–Kier alpha value is -2.38. The van der Waals surface area contributed by atoms with Crippen molar-refractivity contribution in [3.05, 3.63) is 24.3 Å². The normalized spacial score (nSPS) is 16.7. The Labute approximate surface area is 190 Å². The average Bonchev–Trinajstić information content (AvgIpc) is 3.60. The third kappa shape index (κ3) is 8.16. The molecule has 1 heterocycles. The summed E-state index contributed by atoms with van der Waals surface area (Å²) in [5.41, 5.74) is 0. The molecule has 1 amide bonds. The van der Waals surface area contributed by atoms with E-state index in [9.17, 15) is 26.4 Å². The molecule has 1 aromatic carbocycles. The molecule has 0 bridgehead atoms. The van der Waals surface area contributed by atoms with Crippen LogP contribution >= 0.6 is 0 Å². The molecular formula is C20H28F3N3O6S. The molecule has 2 N–H and O–H groups in total. The van der Waals surface area contributed by atoms with Crippen LogP contribution in [-0.4, -0.2) is 86.2 Å². The van der Waals surface area contributed by atoms with Crippen molar-refractivity contribution < 1.29 is 41.0 Å². The number of hydrogen-bond donors (Lipinski definition) is 2. The summed E-state index contributed by atoms with van der Waals surface area (Å²) < 4.78 is 64.7. The van der Waals surface area contributed by atoms with Crippen LogP contribution in [0.2, 0.25) is 0 Å². The predicted molar refractivity (Wildman–Crippen MR) is 112 cm³/mol. The first-order chi connectivity index (χ1) is 15.5. The summed E-state index contributed by atoms with van der Waals surface area (Å²) in [6.45, 7) is 5.62. The molecule has 1 saturated heterocycles. The van der Waals surface area contributed by atoms with E-state index in [4.69, 9.17) is 14.6 Å². The summed E-state index contributed by atoms with van der Waals surface area (Å²) in [5.74, 6) is -2.08. The molecular weight excluding hydrogens is 467 g/mol. The Kier molecular flexibility index (Phi) is 9.49. The number of alkyl halides is 3. The van der Waals surface area contributed by atoms with Gasteiger partial charge in [0.1, 0.15) is 5.75 Å². The van der Waals surface area contributed by atoms with E-state index in [1.54, 1.807) is 24.3 Å². The van der Waals surface area contributed by atoms with Crippen molar-refractivity contribution in [2.75, 3.05) is 39.3 Å². The number of nitrogens with one attached hydrogen (secondary N) is 1. The van der Waals surface area contributed by atoms with Crippen LogP contribution in [0.5, 0.6) is 5.75 Å². The Balaban J connectivity index is 0.000000479. The number of rotatable bonds is 8. The van der Waals surface area contributed by atoms with E-state index in [0.29, 0.717) is 25.4 Å². The van der Waals surface area contributed by atoms with Gasteiger partial charge in [0.05, 0.1) is 11.5 Å². The van der Waals surface area contributed by atoms with E-state index < -0.39 is 22.2 Å². The fourth-order valence-electron chi connectivity index (χ4n) is 3.15. The predicted octanol–water partition coefficient (Wildman–Crippen LogP) is 1.69. The minimum atomic E-state index is -5.08. The van der Waals surface area contributed by atoms with E-state index in [0.717, 1.165) is 25.9 Å². The molecule has 1 aromatic rings. The topological polar surface area (TPSA) is 116 Å². The third-order valence-electron chi connectivity index (χ3n) is 4.95.